The van der Waals surface area contributed by atoms with Crippen LogP contribution in [0.1, 0.15) is 181 Å². The SMILES string of the molecule is CCC(C)(C)C(=O)OC(C)C(F)(F)S(=O)(=O)[O-].CCCC(C)(CC)C(=O)OCCCC(C)C.CCCC[Si](C)(C)O[Si](C)(C)CCCOC(=O)C(C)(C)CC.CCOCCOCCOC(=O)C(C)CC.[Na+]. The molecule has 0 aromatic rings. The Balaban J connectivity index is -0.000000274. The van der Waals surface area contributed by atoms with Gasteiger partial charge in [-0.25, -0.2) is 8.42 Å². The summed E-state index contributed by atoms with van der Waals surface area (Å²) in [5, 5.41) is -4.63. The zero-order valence-corrected chi connectivity index (χ0v) is 53.6. The Morgan fingerprint density at radius 1 is 0.606 bits per heavy atom. The quantitative estimate of drug-likeness (QED) is 0.0198. The molecule has 0 fully saturated rings. The number of alkyl halides is 2. The number of ether oxygens (including phenoxy) is 6. The Morgan fingerprint density at radius 3 is 1.51 bits per heavy atom. The molecule has 0 rings (SSSR count). The van der Waals surface area contributed by atoms with E-state index in [9.17, 15) is 40.9 Å². The van der Waals surface area contributed by atoms with Crippen LogP contribution in [0.5, 0.6) is 0 Å². The van der Waals surface area contributed by atoms with E-state index < -0.39 is 49.5 Å². The van der Waals surface area contributed by atoms with Crippen LogP contribution >= 0.6 is 0 Å². The minimum Gasteiger partial charge on any atom is -0.743 e. The van der Waals surface area contributed by atoms with E-state index in [1.54, 1.807) is 6.92 Å². The molecule has 0 bridgehead atoms. The van der Waals surface area contributed by atoms with Gasteiger partial charge in [0.2, 0.25) is 0 Å². The summed E-state index contributed by atoms with van der Waals surface area (Å²) >= 11 is 0. The molecule has 3 atom stereocenters. The molecule has 0 spiro atoms. The van der Waals surface area contributed by atoms with Gasteiger partial charge in [-0.3, -0.25) is 19.2 Å². The van der Waals surface area contributed by atoms with E-state index >= 15 is 0 Å². The van der Waals surface area contributed by atoms with Crippen molar-refractivity contribution in [3.63, 3.8) is 0 Å². The normalized spacial score (nSPS) is 13.8. The van der Waals surface area contributed by atoms with Crippen LogP contribution in [0.4, 0.5) is 8.78 Å². The molecule has 0 radical (unpaired) electrons. The second-order valence-corrected chi connectivity index (χ2v) is 31.4. The van der Waals surface area contributed by atoms with Crippen LogP contribution in [-0.4, -0.2) is 111 Å². The molecule has 0 aliphatic heterocycles. The molecule has 0 N–H and O–H groups in total. The Hall–Kier alpha value is -1.04. The number of hydrogen-bond donors (Lipinski definition) is 0. The smallest absolute Gasteiger partial charge is 0.743 e. The van der Waals surface area contributed by atoms with Crippen LogP contribution in [0.25, 0.3) is 0 Å². The van der Waals surface area contributed by atoms with Gasteiger partial charge in [0.05, 0.1) is 55.2 Å². The predicted molar refractivity (Wildman–Crippen MR) is 281 cm³/mol. The maximum Gasteiger partial charge on any atom is 1.00 e. The van der Waals surface area contributed by atoms with Crippen molar-refractivity contribution in [2.75, 3.05) is 46.2 Å². The predicted octanol–water partition coefficient (Wildman–Crippen LogP) is 9.89. The molecule has 0 heterocycles. The van der Waals surface area contributed by atoms with Crippen LogP contribution in [0.15, 0.2) is 0 Å². The number of halogens is 2. The maximum absolute atomic E-state index is 13.0. The van der Waals surface area contributed by atoms with E-state index in [0.717, 1.165) is 57.4 Å². The van der Waals surface area contributed by atoms with Gasteiger partial charge in [-0.1, -0.05) is 81.6 Å². The molecule has 0 aliphatic carbocycles. The average Bonchev–Trinajstić information content (AvgIpc) is 3.27. The summed E-state index contributed by atoms with van der Waals surface area (Å²) in [6.07, 6.45) is 8.00. The Kier molecular flexibility index (Phi) is 44.7. The first-order valence-electron chi connectivity index (χ1n) is 25.9. The van der Waals surface area contributed by atoms with E-state index in [0.29, 0.717) is 65.5 Å². The van der Waals surface area contributed by atoms with Crippen molar-refractivity contribution in [3.8, 4) is 0 Å². The fourth-order valence-corrected chi connectivity index (χ4v) is 15.3. The molecule has 0 amide bonds. The molecule has 0 aromatic carbocycles. The fourth-order valence-electron chi connectivity index (χ4n) is 5.87. The van der Waals surface area contributed by atoms with Gasteiger partial charge in [-0.2, -0.15) is 8.78 Å². The second-order valence-electron chi connectivity index (χ2n) is 21.1. The van der Waals surface area contributed by atoms with Crippen molar-refractivity contribution in [1.29, 1.82) is 0 Å². The average molecular weight is 1090 g/mol. The standard InChI is InChI=1S/C17H38O3Si2.C14H28O2.C11H22O4.C9H16F2O5S.Na/c1-9-11-14-21(5,6)20-22(7,8)15-12-13-19-16(18)17(3,4)10-2;1-6-10-14(5,7-2)13(15)16-11-8-9-12(3)4;1-4-10(3)11(12)15-9-8-14-7-6-13-5-2;1-5-8(3,4)7(12)16-6(2)9(10,11)17(13,14)15;/h9-15H2,1-8H3;12H,6-11H2,1-5H3;10H,4-9H2,1-3H3;6H,5H2,1-4H3,(H,13,14,15);/q;;;;+1/p-1. The number of carbonyl (C=O) groups is 4. The van der Waals surface area contributed by atoms with E-state index in [-0.39, 0.29) is 64.2 Å². The minimum atomic E-state index is -5.86. The van der Waals surface area contributed by atoms with Gasteiger partial charge in [0.25, 0.3) is 0 Å². The summed E-state index contributed by atoms with van der Waals surface area (Å²) < 4.78 is 93.8. The van der Waals surface area contributed by atoms with Crippen LogP contribution in [0.3, 0.4) is 0 Å². The third-order valence-electron chi connectivity index (χ3n) is 12.1. The minimum absolute atomic E-state index is 0. The van der Waals surface area contributed by atoms with E-state index in [2.05, 4.69) is 65.5 Å². The first kappa shape index (κ1) is 78.8. The van der Waals surface area contributed by atoms with Crippen LogP contribution in [0.2, 0.25) is 38.3 Å². The summed E-state index contributed by atoms with van der Waals surface area (Å²) in [6, 6.07) is 2.31. The van der Waals surface area contributed by atoms with Gasteiger partial charge in [0.1, 0.15) is 6.61 Å². The van der Waals surface area contributed by atoms with Crippen LogP contribution in [0, 0.1) is 28.1 Å². The largest absolute Gasteiger partial charge is 1.00 e. The molecule has 14 nitrogen and oxygen atoms in total. The fraction of sp³-hybridized carbons (Fsp3) is 0.922. The molecule has 71 heavy (non-hydrogen) atoms. The van der Waals surface area contributed by atoms with E-state index in [1.807, 2.05) is 48.5 Å². The number of unbranched alkanes of at least 4 members (excludes halogenated alkanes) is 1. The topological polar surface area (TPSA) is 190 Å². The first-order valence-corrected chi connectivity index (χ1v) is 33.5. The van der Waals surface area contributed by atoms with Crippen molar-refractivity contribution < 1.29 is 103 Å². The molecular weight excluding hydrogens is 986 g/mol. The summed E-state index contributed by atoms with van der Waals surface area (Å²) in [6.45, 7) is 42.7. The van der Waals surface area contributed by atoms with Gasteiger partial charge < -0.3 is 37.1 Å². The maximum atomic E-state index is 13.0. The summed E-state index contributed by atoms with van der Waals surface area (Å²) in [7, 11) is -9.03. The monoisotopic (exact) mass is 1090 g/mol. The Bertz CT molecular complexity index is 1530. The third kappa shape index (κ3) is 38.2. The number of carbonyl (C=O) groups excluding carboxylic acids is 4. The molecule has 3 unspecified atom stereocenters. The van der Waals surface area contributed by atoms with Gasteiger partial charge in [-0.05, 0) is 144 Å². The van der Waals surface area contributed by atoms with Crippen molar-refractivity contribution in [3.05, 3.63) is 0 Å². The third-order valence-corrected chi connectivity index (χ3v) is 20.6. The van der Waals surface area contributed by atoms with E-state index in [4.69, 9.17) is 27.8 Å². The number of rotatable bonds is 33. The second kappa shape index (κ2) is 40.2. The summed E-state index contributed by atoms with van der Waals surface area (Å²) in [4.78, 5) is 46.5. The van der Waals surface area contributed by atoms with Gasteiger partial charge in [0.15, 0.2) is 32.9 Å². The van der Waals surface area contributed by atoms with Gasteiger partial charge in [0, 0.05) is 6.61 Å². The van der Waals surface area contributed by atoms with Crippen molar-refractivity contribution in [1.82, 2.24) is 0 Å². The Labute approximate surface area is 456 Å². The summed E-state index contributed by atoms with van der Waals surface area (Å²) in [5.41, 5.74) is -1.65. The zero-order valence-electron chi connectivity index (χ0n) is 48.8. The van der Waals surface area contributed by atoms with E-state index in [1.165, 1.54) is 32.7 Å². The molecular formula is C51H103F2NaO14SSi2. The van der Waals surface area contributed by atoms with Crippen LogP contribution in [-0.2, 0) is 61.8 Å². The summed E-state index contributed by atoms with van der Waals surface area (Å²) in [5.74, 6) is -0.546. The molecule has 20 heteroatoms. The Morgan fingerprint density at radius 2 is 1.07 bits per heavy atom. The molecule has 0 saturated heterocycles. The van der Waals surface area contributed by atoms with Crippen LogP contribution < -0.4 is 29.6 Å². The molecule has 0 aromatic heterocycles. The van der Waals surface area contributed by atoms with Crippen molar-refractivity contribution in [2.24, 2.45) is 28.1 Å². The molecule has 0 aliphatic rings. The van der Waals surface area contributed by atoms with Gasteiger partial charge >= 0.3 is 58.7 Å². The zero-order chi connectivity index (χ0) is 55.6. The molecule has 420 valence electrons. The van der Waals surface area contributed by atoms with Crippen molar-refractivity contribution in [2.45, 2.75) is 231 Å². The first-order chi connectivity index (χ1) is 32.0. The van der Waals surface area contributed by atoms with Crippen molar-refractivity contribution >= 4 is 50.6 Å². The van der Waals surface area contributed by atoms with Gasteiger partial charge in [-0.15, -0.1) is 0 Å². The number of esters is 4. The molecule has 0 saturated carbocycles. The number of hydrogen-bond acceptors (Lipinski definition) is 14.